The smallest absolute Gasteiger partial charge is 0.266 e. The third-order valence-corrected chi connectivity index (χ3v) is 5.28. The number of nitrogens with one attached hydrogen (secondary N) is 1. The Balaban J connectivity index is 1.42. The first kappa shape index (κ1) is 11.9. The van der Waals surface area contributed by atoms with Crippen LogP contribution in [0.2, 0.25) is 0 Å². The van der Waals surface area contributed by atoms with Crippen molar-refractivity contribution in [2.45, 2.75) is 56.9 Å². The molecule has 2 aliphatic heterocycles. The monoisotopic (exact) mass is 264 g/mol. The molecule has 19 heavy (non-hydrogen) atoms. The van der Waals surface area contributed by atoms with Crippen LogP contribution in [0.5, 0.6) is 0 Å². The van der Waals surface area contributed by atoms with Gasteiger partial charge in [-0.05, 0) is 38.0 Å². The first-order chi connectivity index (χ1) is 9.05. The number of hydrogen-bond donors (Lipinski definition) is 1. The lowest BCUT2D eigenvalue weighted by atomic mass is 9.55. The Hall–Kier alpha value is -0.940. The first-order valence-electron chi connectivity index (χ1n) is 7.22. The van der Waals surface area contributed by atoms with Crippen LogP contribution in [0.15, 0.2) is 4.99 Å². The summed E-state index contributed by atoms with van der Waals surface area (Å²) in [6.45, 7) is 3.26. The van der Waals surface area contributed by atoms with Gasteiger partial charge in [-0.3, -0.25) is 9.79 Å². The molecule has 1 N–H and O–H groups in total. The third kappa shape index (κ3) is 1.68. The zero-order valence-corrected chi connectivity index (χ0v) is 11.3. The average molecular weight is 264 g/mol. The van der Waals surface area contributed by atoms with E-state index < -0.39 is 0 Å². The van der Waals surface area contributed by atoms with Crippen LogP contribution >= 0.6 is 0 Å². The quantitative estimate of drug-likeness (QED) is 0.719. The highest BCUT2D eigenvalue weighted by Gasteiger charge is 2.60. The van der Waals surface area contributed by atoms with Gasteiger partial charge < -0.3 is 14.8 Å². The summed E-state index contributed by atoms with van der Waals surface area (Å²) in [5.74, 6) is -0.281. The lowest BCUT2D eigenvalue weighted by molar-refractivity contribution is -0.205. The minimum Gasteiger partial charge on any atom is -0.348 e. The summed E-state index contributed by atoms with van der Waals surface area (Å²) < 4.78 is 11.5. The van der Waals surface area contributed by atoms with Crippen LogP contribution in [0.4, 0.5) is 0 Å². The molecule has 2 aliphatic carbocycles. The van der Waals surface area contributed by atoms with E-state index in [4.69, 9.17) is 9.47 Å². The molecule has 0 bridgehead atoms. The predicted octanol–water partition coefficient (Wildman–Crippen LogP) is 1.37. The summed E-state index contributed by atoms with van der Waals surface area (Å²) in [5.41, 5.74) is 0.704. The lowest BCUT2D eigenvalue weighted by Crippen LogP contribution is -2.60. The van der Waals surface area contributed by atoms with Crippen LogP contribution < -0.4 is 5.32 Å². The minimum atomic E-state index is -0.286. The van der Waals surface area contributed by atoms with E-state index in [2.05, 4.69) is 10.3 Å². The van der Waals surface area contributed by atoms with E-state index in [1.54, 1.807) is 6.92 Å². The van der Waals surface area contributed by atoms with Gasteiger partial charge in [0.2, 0.25) is 0 Å². The molecule has 0 aromatic heterocycles. The highest BCUT2D eigenvalue weighted by Crippen LogP contribution is 2.60. The Bertz CT molecular complexity index is 447. The Kier molecular flexibility index (Phi) is 2.23. The van der Waals surface area contributed by atoms with Crippen LogP contribution in [0.3, 0.4) is 0 Å². The molecule has 2 saturated carbocycles. The van der Waals surface area contributed by atoms with Gasteiger partial charge in [-0.2, -0.15) is 0 Å². The van der Waals surface area contributed by atoms with Crippen molar-refractivity contribution in [1.29, 1.82) is 0 Å². The van der Waals surface area contributed by atoms with E-state index >= 15 is 0 Å². The zero-order chi connectivity index (χ0) is 13.1. The van der Waals surface area contributed by atoms with Crippen molar-refractivity contribution in [3.8, 4) is 0 Å². The van der Waals surface area contributed by atoms with E-state index in [-0.39, 0.29) is 17.4 Å². The van der Waals surface area contributed by atoms with E-state index in [9.17, 15) is 4.79 Å². The average Bonchev–Trinajstić information content (AvgIpc) is 2.90. The van der Waals surface area contributed by atoms with Crippen LogP contribution in [0, 0.1) is 5.41 Å². The highest BCUT2D eigenvalue weighted by atomic mass is 16.7. The molecule has 4 aliphatic rings. The second kappa shape index (κ2) is 3.58. The van der Waals surface area contributed by atoms with Crippen LogP contribution in [0.25, 0.3) is 0 Å². The Morgan fingerprint density at radius 3 is 2.26 bits per heavy atom. The maximum atomic E-state index is 11.6. The normalized spacial score (nSPS) is 33.5. The molecule has 5 nitrogen and oxygen atoms in total. The zero-order valence-electron chi connectivity index (χ0n) is 11.3. The van der Waals surface area contributed by atoms with Gasteiger partial charge in [-0.15, -0.1) is 0 Å². The summed E-state index contributed by atoms with van der Waals surface area (Å²) >= 11 is 0. The van der Waals surface area contributed by atoms with Gasteiger partial charge in [-0.25, -0.2) is 0 Å². The van der Waals surface area contributed by atoms with Crippen molar-refractivity contribution in [3.05, 3.63) is 0 Å². The molecule has 5 heteroatoms. The molecular formula is C14H20N2O3. The van der Waals surface area contributed by atoms with Gasteiger partial charge in [-0.1, -0.05) is 0 Å². The summed E-state index contributed by atoms with van der Waals surface area (Å²) in [5, 5.41) is 3.04. The Labute approximate surface area is 112 Å². The van der Waals surface area contributed by atoms with Gasteiger partial charge in [0.25, 0.3) is 5.91 Å². The second-order valence-corrected chi connectivity index (χ2v) is 6.64. The predicted molar refractivity (Wildman–Crippen MR) is 68.8 cm³/mol. The number of aliphatic imine (C=N–C) groups is 1. The fourth-order valence-electron chi connectivity index (χ4n) is 4.36. The molecule has 0 radical (unpaired) electrons. The van der Waals surface area contributed by atoms with Crippen LogP contribution in [-0.4, -0.2) is 36.3 Å². The van der Waals surface area contributed by atoms with Gasteiger partial charge in [0, 0.05) is 12.8 Å². The molecule has 0 unspecified atom stereocenters. The van der Waals surface area contributed by atoms with Gasteiger partial charge in [0.15, 0.2) is 5.79 Å². The van der Waals surface area contributed by atoms with E-state index in [1.807, 2.05) is 0 Å². The topological polar surface area (TPSA) is 59.9 Å². The van der Waals surface area contributed by atoms with E-state index in [0.717, 1.165) is 51.7 Å². The highest BCUT2D eigenvalue weighted by molar-refractivity contribution is 6.39. The van der Waals surface area contributed by atoms with Crippen LogP contribution in [0.1, 0.15) is 45.4 Å². The maximum Gasteiger partial charge on any atom is 0.266 e. The molecule has 0 aromatic carbocycles. The number of amides is 1. The molecule has 1 saturated heterocycles. The SMILES string of the molecule is CC1=NC2(CC3(CCC4(CC3)OCCO4)C2)NC1=O. The number of rotatable bonds is 0. The van der Waals surface area contributed by atoms with Gasteiger partial charge >= 0.3 is 0 Å². The van der Waals surface area contributed by atoms with Crippen LogP contribution in [-0.2, 0) is 14.3 Å². The van der Waals surface area contributed by atoms with Crippen molar-refractivity contribution >= 4 is 11.6 Å². The standard InChI is InChI=1S/C14H20N2O3/c1-10-11(17)16-13(15-10)8-12(9-13)2-4-14(5-3-12)18-6-7-19-14/h2-9H2,1H3,(H,16,17). The minimum absolute atomic E-state index is 0.00425. The van der Waals surface area contributed by atoms with Crippen molar-refractivity contribution in [2.24, 2.45) is 10.4 Å². The molecule has 3 spiro atoms. The lowest BCUT2D eigenvalue weighted by Gasteiger charge is -2.56. The second-order valence-electron chi connectivity index (χ2n) is 6.64. The number of carbonyl (C=O) groups is 1. The first-order valence-corrected chi connectivity index (χ1v) is 7.22. The molecule has 104 valence electrons. The summed E-state index contributed by atoms with van der Waals surface area (Å²) in [4.78, 5) is 16.1. The van der Waals surface area contributed by atoms with Crippen molar-refractivity contribution < 1.29 is 14.3 Å². The van der Waals surface area contributed by atoms with Crippen molar-refractivity contribution in [1.82, 2.24) is 5.32 Å². The van der Waals surface area contributed by atoms with E-state index in [1.165, 1.54) is 0 Å². The molecular weight excluding hydrogens is 244 g/mol. The molecule has 0 atom stereocenters. The molecule has 0 aromatic rings. The summed E-state index contributed by atoms with van der Waals surface area (Å²) in [7, 11) is 0. The Morgan fingerprint density at radius 2 is 1.74 bits per heavy atom. The number of ether oxygens (including phenoxy) is 2. The van der Waals surface area contributed by atoms with Gasteiger partial charge in [0.1, 0.15) is 5.66 Å². The van der Waals surface area contributed by atoms with Gasteiger partial charge in [0.05, 0.1) is 18.9 Å². The maximum absolute atomic E-state index is 11.6. The van der Waals surface area contributed by atoms with Crippen molar-refractivity contribution in [2.75, 3.05) is 13.2 Å². The fraction of sp³-hybridized carbons (Fsp3) is 0.857. The molecule has 3 fully saturated rings. The molecule has 4 rings (SSSR count). The molecule has 1 amide bonds. The number of carbonyl (C=O) groups excluding carboxylic acids is 1. The summed E-state index contributed by atoms with van der Waals surface area (Å²) in [6, 6.07) is 0. The number of hydrogen-bond acceptors (Lipinski definition) is 4. The number of nitrogens with zero attached hydrogens (tertiary/aromatic N) is 1. The molecule has 2 heterocycles. The Morgan fingerprint density at radius 1 is 1.11 bits per heavy atom. The fourth-order valence-corrected chi connectivity index (χ4v) is 4.36. The largest absolute Gasteiger partial charge is 0.348 e. The third-order valence-electron chi connectivity index (χ3n) is 5.28. The summed E-state index contributed by atoms with van der Waals surface area (Å²) in [6.07, 6.45) is 6.19. The van der Waals surface area contributed by atoms with Crippen molar-refractivity contribution in [3.63, 3.8) is 0 Å². The van der Waals surface area contributed by atoms with E-state index in [0.29, 0.717) is 11.1 Å².